The number of rotatable bonds is 7. The molecule has 1 aromatic carbocycles. The fourth-order valence-corrected chi connectivity index (χ4v) is 2.56. The average molecular weight is 360 g/mol. The molecule has 1 aliphatic rings. The first kappa shape index (κ1) is 19.4. The molecule has 25 heavy (non-hydrogen) atoms. The van der Waals surface area contributed by atoms with Gasteiger partial charge in [-0.1, -0.05) is 12.1 Å². The predicted molar refractivity (Wildman–Crippen MR) is 84.8 cm³/mol. The number of ether oxygens (including phenoxy) is 2. The predicted octanol–water partition coefficient (Wildman–Crippen LogP) is 0.293. The summed E-state index contributed by atoms with van der Waals surface area (Å²) in [6, 6.07) is 6.93. The molecule has 0 radical (unpaired) electrons. The van der Waals surface area contributed by atoms with Crippen molar-refractivity contribution in [2.24, 2.45) is 0 Å². The number of alkyl carbamates (subject to hydrolysis) is 1. The van der Waals surface area contributed by atoms with E-state index in [-0.39, 0.29) is 12.6 Å². The summed E-state index contributed by atoms with van der Waals surface area (Å²) in [5, 5.41) is 23.4. The highest BCUT2D eigenvalue weighted by Crippen LogP contribution is 2.19. The summed E-state index contributed by atoms with van der Waals surface area (Å²) in [5.41, 5.74) is 0.938. The van der Waals surface area contributed by atoms with Gasteiger partial charge in [0.1, 0.15) is 24.6 Å². The molecule has 0 bridgehead atoms. The number of aliphatic hydroxyl groups is 2. The van der Waals surface area contributed by atoms with Gasteiger partial charge >= 0.3 is 6.09 Å². The van der Waals surface area contributed by atoms with Crippen LogP contribution in [0.25, 0.3) is 0 Å². The molecule has 1 fully saturated rings. The molecule has 140 valence electrons. The lowest BCUT2D eigenvalue weighted by atomic mass is 10.0. The van der Waals surface area contributed by atoms with Crippen LogP contribution in [0.1, 0.15) is 5.56 Å². The lowest BCUT2D eigenvalue weighted by molar-refractivity contribution is -0.0493. The summed E-state index contributed by atoms with van der Waals surface area (Å²) in [6.07, 6.45) is -2.40. The average Bonchev–Trinajstić information content (AvgIpc) is 2.94. The van der Waals surface area contributed by atoms with Gasteiger partial charge in [-0.3, -0.25) is 0 Å². The molecule has 0 spiro atoms. The third-order valence-corrected chi connectivity index (χ3v) is 3.95. The second-order valence-electron chi connectivity index (χ2n) is 5.87. The zero-order chi connectivity index (χ0) is 18.4. The monoisotopic (exact) mass is 360 g/mol. The van der Waals surface area contributed by atoms with E-state index in [0.29, 0.717) is 12.2 Å². The fraction of sp³-hybridized carbons (Fsp3) is 0.562. The third-order valence-electron chi connectivity index (χ3n) is 3.95. The van der Waals surface area contributed by atoms with E-state index in [1.165, 1.54) is 0 Å². The maximum atomic E-state index is 12.9. The van der Waals surface area contributed by atoms with Crippen LogP contribution in [0, 0.1) is 0 Å². The van der Waals surface area contributed by atoms with Gasteiger partial charge in [0.2, 0.25) is 0 Å². The zero-order valence-corrected chi connectivity index (χ0v) is 13.7. The summed E-state index contributed by atoms with van der Waals surface area (Å²) in [5.74, 6) is -2.71. The summed E-state index contributed by atoms with van der Waals surface area (Å²) in [6.45, 7) is -2.19. The lowest BCUT2D eigenvalue weighted by Crippen LogP contribution is -2.44. The standard InChI is InChI=1S/C16H22F2N2O5/c1-24-11-4-2-10(3-5-11)6-12-14(13(22)7-19-12)25-15(23)20-8-16(17,18)9-21/h2-5,12-14,19,21-22H,6-9H2,1H3,(H,20,23)/t12-,13+,14+/m1/s1. The number of alkyl halides is 2. The first-order chi connectivity index (χ1) is 11.8. The number of benzene rings is 1. The second kappa shape index (κ2) is 8.41. The van der Waals surface area contributed by atoms with Gasteiger partial charge in [0.05, 0.1) is 19.7 Å². The van der Waals surface area contributed by atoms with Gasteiger partial charge in [-0.2, -0.15) is 0 Å². The van der Waals surface area contributed by atoms with Crippen molar-refractivity contribution in [1.82, 2.24) is 10.6 Å². The van der Waals surface area contributed by atoms with E-state index in [1.807, 2.05) is 17.4 Å². The Balaban J connectivity index is 1.91. The number of nitrogens with one attached hydrogen (secondary N) is 2. The Kier molecular flexibility index (Phi) is 6.51. The van der Waals surface area contributed by atoms with E-state index in [0.717, 1.165) is 5.56 Å². The normalized spacial score (nSPS) is 23.3. The van der Waals surface area contributed by atoms with E-state index in [1.54, 1.807) is 19.2 Å². The van der Waals surface area contributed by atoms with E-state index in [4.69, 9.17) is 14.6 Å². The molecule has 1 heterocycles. The van der Waals surface area contributed by atoms with Gasteiger partial charge < -0.3 is 30.3 Å². The minimum Gasteiger partial charge on any atom is -0.497 e. The Hall–Kier alpha value is -1.97. The molecule has 0 aliphatic carbocycles. The van der Waals surface area contributed by atoms with Crippen LogP contribution in [0.5, 0.6) is 5.75 Å². The molecule has 4 N–H and O–H groups in total. The van der Waals surface area contributed by atoms with Gasteiger partial charge in [0.15, 0.2) is 0 Å². The van der Waals surface area contributed by atoms with Gasteiger partial charge in [-0.15, -0.1) is 0 Å². The zero-order valence-electron chi connectivity index (χ0n) is 13.7. The molecule has 3 atom stereocenters. The van der Waals surface area contributed by atoms with Crippen LogP contribution in [0.2, 0.25) is 0 Å². The quantitative estimate of drug-likeness (QED) is 0.558. The summed E-state index contributed by atoms with van der Waals surface area (Å²) in [7, 11) is 1.56. The second-order valence-corrected chi connectivity index (χ2v) is 5.87. The molecule has 9 heteroatoms. The SMILES string of the molecule is COc1ccc(C[C@H]2NC[C@H](O)[C@H]2OC(=O)NCC(F)(F)CO)cc1. The maximum absolute atomic E-state index is 12.9. The Labute approximate surface area is 143 Å². The number of carbonyl (C=O) groups excluding carboxylic acids is 1. The molecule has 0 saturated carbocycles. The van der Waals surface area contributed by atoms with Crippen LogP contribution < -0.4 is 15.4 Å². The van der Waals surface area contributed by atoms with Crippen molar-refractivity contribution in [3.63, 3.8) is 0 Å². The highest BCUT2D eigenvalue weighted by atomic mass is 19.3. The lowest BCUT2D eigenvalue weighted by Gasteiger charge is -2.23. The number of halogens is 2. The summed E-state index contributed by atoms with van der Waals surface area (Å²) in [4.78, 5) is 11.7. The smallest absolute Gasteiger partial charge is 0.407 e. The first-order valence-corrected chi connectivity index (χ1v) is 7.82. The van der Waals surface area contributed by atoms with Crippen LogP contribution in [0.4, 0.5) is 13.6 Å². The van der Waals surface area contributed by atoms with Gasteiger partial charge in [-0.05, 0) is 24.1 Å². The molecule has 1 amide bonds. The number of carbonyl (C=O) groups is 1. The Morgan fingerprint density at radius 1 is 1.40 bits per heavy atom. The van der Waals surface area contributed by atoms with Crippen LogP contribution in [-0.2, 0) is 11.2 Å². The van der Waals surface area contributed by atoms with Crippen molar-refractivity contribution in [3.05, 3.63) is 29.8 Å². The number of hydrogen-bond acceptors (Lipinski definition) is 6. The van der Waals surface area contributed by atoms with Crippen molar-refractivity contribution < 1.29 is 33.3 Å². The number of amides is 1. The largest absolute Gasteiger partial charge is 0.497 e. The van der Waals surface area contributed by atoms with E-state index >= 15 is 0 Å². The van der Waals surface area contributed by atoms with Gasteiger partial charge in [0.25, 0.3) is 5.92 Å². The number of aliphatic hydroxyl groups excluding tert-OH is 2. The molecule has 0 aromatic heterocycles. The summed E-state index contributed by atoms with van der Waals surface area (Å²) >= 11 is 0. The fourth-order valence-electron chi connectivity index (χ4n) is 2.56. The number of hydrogen-bond donors (Lipinski definition) is 4. The Morgan fingerprint density at radius 2 is 2.08 bits per heavy atom. The van der Waals surface area contributed by atoms with Crippen LogP contribution in [0.15, 0.2) is 24.3 Å². The molecule has 1 saturated heterocycles. The molecular weight excluding hydrogens is 338 g/mol. The van der Waals surface area contributed by atoms with Crippen molar-refractivity contribution in [1.29, 1.82) is 0 Å². The van der Waals surface area contributed by atoms with Gasteiger partial charge in [0, 0.05) is 6.54 Å². The van der Waals surface area contributed by atoms with E-state index in [9.17, 15) is 18.7 Å². The topological polar surface area (TPSA) is 100 Å². The van der Waals surface area contributed by atoms with Crippen LogP contribution in [-0.4, -0.2) is 67.3 Å². The molecule has 2 rings (SSSR count). The summed E-state index contributed by atoms with van der Waals surface area (Å²) < 4.78 is 36.0. The van der Waals surface area contributed by atoms with Crippen LogP contribution in [0.3, 0.4) is 0 Å². The molecule has 1 aromatic rings. The van der Waals surface area contributed by atoms with Crippen LogP contribution >= 0.6 is 0 Å². The van der Waals surface area contributed by atoms with E-state index < -0.39 is 37.4 Å². The Bertz CT molecular complexity index is 570. The third kappa shape index (κ3) is 5.52. The molecule has 1 aliphatic heterocycles. The number of methoxy groups -OCH3 is 1. The molecular formula is C16H22F2N2O5. The minimum atomic E-state index is -3.42. The Morgan fingerprint density at radius 3 is 2.68 bits per heavy atom. The molecule has 0 unspecified atom stereocenters. The van der Waals surface area contributed by atoms with Crippen molar-refractivity contribution in [2.75, 3.05) is 26.8 Å². The highest BCUT2D eigenvalue weighted by Gasteiger charge is 2.38. The van der Waals surface area contributed by atoms with Crippen molar-refractivity contribution in [3.8, 4) is 5.75 Å². The van der Waals surface area contributed by atoms with E-state index in [2.05, 4.69) is 5.32 Å². The molecule has 7 nitrogen and oxygen atoms in total. The first-order valence-electron chi connectivity index (χ1n) is 7.82. The van der Waals surface area contributed by atoms with Crippen molar-refractivity contribution in [2.45, 2.75) is 30.6 Å². The number of β-amino-alcohol motifs (C(OH)–C–C–N with tert-alkyl or cyclic N) is 1. The van der Waals surface area contributed by atoms with Gasteiger partial charge in [-0.25, -0.2) is 13.6 Å². The maximum Gasteiger partial charge on any atom is 0.407 e. The minimum absolute atomic E-state index is 0.228. The van der Waals surface area contributed by atoms with Crippen molar-refractivity contribution >= 4 is 6.09 Å². The highest BCUT2D eigenvalue weighted by molar-refractivity contribution is 5.67.